The zero-order chi connectivity index (χ0) is 10.3. The zero-order valence-corrected chi connectivity index (χ0v) is 9.08. The van der Waals surface area contributed by atoms with Crippen molar-refractivity contribution in [2.45, 2.75) is 0 Å². The van der Waals surface area contributed by atoms with Crippen molar-refractivity contribution in [3.63, 3.8) is 0 Å². The van der Waals surface area contributed by atoms with Gasteiger partial charge in [0.15, 0.2) is 0 Å². The number of carboxylic acid groups (broad SMARTS) is 1. The number of aromatic carboxylic acids is 1. The molecule has 0 fully saturated rings. The van der Waals surface area contributed by atoms with Crippen LogP contribution in [0.4, 0.5) is 0 Å². The number of hydrogen-bond acceptors (Lipinski definition) is 2. The third-order valence-corrected chi connectivity index (χ3v) is 3.23. The molecule has 0 amide bonds. The molecule has 0 aliphatic carbocycles. The first-order chi connectivity index (χ1) is 6.58. The van der Waals surface area contributed by atoms with Crippen molar-refractivity contribution in [1.82, 2.24) is 0 Å². The molecular weight excluding hydrogens is 243 g/mol. The van der Waals surface area contributed by atoms with Gasteiger partial charge >= 0.3 is 5.97 Å². The Balaban J connectivity index is 2.85. The van der Waals surface area contributed by atoms with Crippen LogP contribution in [0, 0.1) is 0 Å². The summed E-state index contributed by atoms with van der Waals surface area (Å²) in [5.41, 5.74) is 0.190. The lowest BCUT2D eigenvalue weighted by molar-refractivity contribution is 0.0699. The molecule has 1 N–H and O–H groups in total. The molecular formula is C9H4Cl2O2S. The summed E-state index contributed by atoms with van der Waals surface area (Å²) in [7, 11) is 0. The molecule has 2 nitrogen and oxygen atoms in total. The van der Waals surface area contributed by atoms with E-state index in [1.165, 1.54) is 17.4 Å². The van der Waals surface area contributed by atoms with Crippen LogP contribution in [0.2, 0.25) is 9.36 Å². The molecule has 0 saturated carbocycles. The largest absolute Gasteiger partial charge is 0.478 e. The first-order valence-corrected chi connectivity index (χ1v) is 5.27. The number of benzene rings is 1. The maximum absolute atomic E-state index is 10.9. The standard InChI is InChI=1S/C9H4Cl2O2S/c10-4-1-6(9(12)13)5-3-8(11)14-7(5)2-4/h1-3H,(H,12,13). The van der Waals surface area contributed by atoms with E-state index in [-0.39, 0.29) is 5.56 Å². The van der Waals surface area contributed by atoms with E-state index in [0.29, 0.717) is 14.7 Å². The van der Waals surface area contributed by atoms with E-state index >= 15 is 0 Å². The topological polar surface area (TPSA) is 37.3 Å². The normalized spacial score (nSPS) is 10.7. The van der Waals surface area contributed by atoms with Crippen LogP contribution < -0.4 is 0 Å². The summed E-state index contributed by atoms with van der Waals surface area (Å²) in [6.07, 6.45) is 0. The molecule has 0 aliphatic rings. The second-order valence-corrected chi connectivity index (χ2v) is 4.87. The van der Waals surface area contributed by atoms with Gasteiger partial charge in [0.2, 0.25) is 0 Å². The first kappa shape index (κ1) is 9.77. The maximum Gasteiger partial charge on any atom is 0.336 e. The van der Waals surface area contributed by atoms with Gasteiger partial charge in [-0.25, -0.2) is 4.79 Å². The van der Waals surface area contributed by atoms with Crippen LogP contribution in [0.3, 0.4) is 0 Å². The van der Waals surface area contributed by atoms with Crippen LogP contribution in [-0.2, 0) is 0 Å². The predicted molar refractivity (Wildman–Crippen MR) is 58.8 cm³/mol. The minimum Gasteiger partial charge on any atom is -0.478 e. The molecule has 2 aromatic rings. The molecule has 0 spiro atoms. The minimum atomic E-state index is -0.994. The predicted octanol–water partition coefficient (Wildman–Crippen LogP) is 3.91. The highest BCUT2D eigenvalue weighted by molar-refractivity contribution is 7.22. The molecule has 0 aliphatic heterocycles. The number of halogens is 2. The molecule has 1 heterocycles. The Morgan fingerprint density at radius 1 is 1.29 bits per heavy atom. The summed E-state index contributed by atoms with van der Waals surface area (Å²) < 4.78 is 1.35. The van der Waals surface area contributed by atoms with Gasteiger partial charge in [-0.15, -0.1) is 11.3 Å². The Morgan fingerprint density at radius 2 is 2.00 bits per heavy atom. The second kappa shape index (κ2) is 3.42. The summed E-state index contributed by atoms with van der Waals surface area (Å²) in [5, 5.41) is 9.97. The van der Waals surface area contributed by atoms with Gasteiger partial charge in [-0.2, -0.15) is 0 Å². The maximum atomic E-state index is 10.9. The third kappa shape index (κ3) is 1.59. The Morgan fingerprint density at radius 3 is 2.64 bits per heavy atom. The van der Waals surface area contributed by atoms with Gasteiger partial charge in [0.1, 0.15) is 0 Å². The van der Waals surface area contributed by atoms with Crippen molar-refractivity contribution in [3.05, 3.63) is 33.1 Å². The van der Waals surface area contributed by atoms with E-state index in [1.54, 1.807) is 12.1 Å². The molecule has 0 atom stereocenters. The molecule has 2 rings (SSSR count). The monoisotopic (exact) mass is 246 g/mol. The number of hydrogen-bond donors (Lipinski definition) is 1. The molecule has 72 valence electrons. The lowest BCUT2D eigenvalue weighted by Gasteiger charge is -1.97. The quantitative estimate of drug-likeness (QED) is 0.829. The van der Waals surface area contributed by atoms with Crippen molar-refractivity contribution in [2.75, 3.05) is 0 Å². The lowest BCUT2D eigenvalue weighted by Crippen LogP contribution is -1.95. The highest BCUT2D eigenvalue weighted by atomic mass is 35.5. The van der Waals surface area contributed by atoms with Crippen molar-refractivity contribution in [3.8, 4) is 0 Å². The van der Waals surface area contributed by atoms with Crippen molar-refractivity contribution < 1.29 is 9.90 Å². The molecule has 0 unspecified atom stereocenters. The third-order valence-electron chi connectivity index (χ3n) is 1.80. The van der Waals surface area contributed by atoms with Gasteiger partial charge in [0.05, 0.1) is 9.90 Å². The van der Waals surface area contributed by atoms with E-state index in [0.717, 1.165) is 4.70 Å². The van der Waals surface area contributed by atoms with Gasteiger partial charge in [-0.1, -0.05) is 23.2 Å². The van der Waals surface area contributed by atoms with Crippen LogP contribution >= 0.6 is 34.5 Å². The van der Waals surface area contributed by atoms with Crippen molar-refractivity contribution >= 4 is 50.6 Å². The highest BCUT2D eigenvalue weighted by Crippen LogP contribution is 2.33. The number of thiophene rings is 1. The Labute approximate surface area is 93.7 Å². The molecule has 5 heteroatoms. The first-order valence-electron chi connectivity index (χ1n) is 3.70. The van der Waals surface area contributed by atoms with Crippen molar-refractivity contribution in [1.29, 1.82) is 0 Å². The van der Waals surface area contributed by atoms with Crippen LogP contribution in [-0.4, -0.2) is 11.1 Å². The summed E-state index contributed by atoms with van der Waals surface area (Å²) in [6, 6.07) is 4.77. The average Bonchev–Trinajstić information content (AvgIpc) is 2.42. The van der Waals surface area contributed by atoms with E-state index in [1.807, 2.05) is 0 Å². The Hall–Kier alpha value is -0.770. The van der Waals surface area contributed by atoms with Gasteiger partial charge in [-0.3, -0.25) is 0 Å². The number of fused-ring (bicyclic) bond motifs is 1. The SMILES string of the molecule is O=C(O)c1cc(Cl)cc2sc(Cl)cc12. The van der Waals surface area contributed by atoms with E-state index in [9.17, 15) is 4.79 Å². The van der Waals surface area contributed by atoms with E-state index in [4.69, 9.17) is 28.3 Å². The van der Waals surface area contributed by atoms with Crippen LogP contribution in [0.1, 0.15) is 10.4 Å². The van der Waals surface area contributed by atoms with Crippen LogP contribution in [0.25, 0.3) is 10.1 Å². The van der Waals surface area contributed by atoms with E-state index in [2.05, 4.69) is 0 Å². The minimum absolute atomic E-state index is 0.190. The molecule has 0 radical (unpaired) electrons. The summed E-state index contributed by atoms with van der Waals surface area (Å²) in [5.74, 6) is -0.994. The molecule has 0 bridgehead atoms. The number of rotatable bonds is 1. The van der Waals surface area contributed by atoms with Gasteiger partial charge in [0, 0.05) is 15.1 Å². The fourth-order valence-corrected chi connectivity index (χ4v) is 2.74. The molecule has 14 heavy (non-hydrogen) atoms. The Bertz CT molecular complexity index is 519. The zero-order valence-electron chi connectivity index (χ0n) is 6.75. The Kier molecular flexibility index (Phi) is 2.39. The van der Waals surface area contributed by atoms with Crippen molar-refractivity contribution in [2.24, 2.45) is 0 Å². The smallest absolute Gasteiger partial charge is 0.336 e. The lowest BCUT2D eigenvalue weighted by atomic mass is 10.1. The van der Waals surface area contributed by atoms with Gasteiger partial charge in [-0.05, 0) is 18.2 Å². The number of carbonyl (C=O) groups is 1. The van der Waals surface area contributed by atoms with Crippen LogP contribution in [0.15, 0.2) is 18.2 Å². The van der Waals surface area contributed by atoms with Crippen LogP contribution in [0.5, 0.6) is 0 Å². The summed E-state index contributed by atoms with van der Waals surface area (Å²) >= 11 is 12.9. The average molecular weight is 247 g/mol. The fourth-order valence-electron chi connectivity index (χ4n) is 1.25. The van der Waals surface area contributed by atoms with E-state index < -0.39 is 5.97 Å². The van der Waals surface area contributed by atoms with Gasteiger partial charge in [0.25, 0.3) is 0 Å². The summed E-state index contributed by atoms with van der Waals surface area (Å²) in [4.78, 5) is 10.9. The number of carboxylic acids is 1. The summed E-state index contributed by atoms with van der Waals surface area (Å²) in [6.45, 7) is 0. The molecule has 1 aromatic heterocycles. The molecule has 1 aromatic carbocycles. The molecule has 0 saturated heterocycles. The van der Waals surface area contributed by atoms with Gasteiger partial charge < -0.3 is 5.11 Å². The second-order valence-electron chi connectivity index (χ2n) is 2.72. The fraction of sp³-hybridized carbons (Fsp3) is 0. The highest BCUT2D eigenvalue weighted by Gasteiger charge is 2.12.